The van der Waals surface area contributed by atoms with E-state index in [1.165, 1.54) is 99.7 Å². The van der Waals surface area contributed by atoms with Crippen LogP contribution in [0.5, 0.6) is 0 Å². The molecule has 584 valence electrons. The number of hydrogen-bond acceptors (Lipinski definition) is 16. The van der Waals surface area contributed by atoms with E-state index in [4.69, 9.17) is 95.6 Å². The molecule has 7 aliphatic carbocycles. The van der Waals surface area contributed by atoms with Gasteiger partial charge in [-0.15, -0.1) is 83.2 Å². The zero-order chi connectivity index (χ0) is 78.1. The molecule has 0 amide bonds. The molecule has 4 N–H and O–H groups in total. The molecule has 107 heavy (non-hydrogen) atoms. The van der Waals surface area contributed by atoms with Gasteiger partial charge in [0.2, 0.25) is 0 Å². The number of hydrogen-bond donors (Lipinski definition) is 5. The Bertz CT molecular complexity index is 3990. The maximum atomic E-state index is 12.0. The van der Waals surface area contributed by atoms with E-state index in [2.05, 4.69) is 56.6 Å². The van der Waals surface area contributed by atoms with E-state index in [9.17, 15) is 28.2 Å². The molecule has 7 saturated carbocycles. The summed E-state index contributed by atoms with van der Waals surface area (Å²) >= 11 is 64.3. The third-order valence-electron chi connectivity index (χ3n) is 16.7. The molecule has 0 radical (unpaired) electrons. The molecule has 6 atom stereocenters. The minimum absolute atomic E-state index is 0.0304. The summed E-state index contributed by atoms with van der Waals surface area (Å²) in [5.41, 5.74) is 2.77. The van der Waals surface area contributed by atoms with Crippen molar-refractivity contribution in [2.75, 3.05) is 26.1 Å². The number of halogens is 9. The standard InChI is InChI=1S/C14H19ClO4S2.C14H17ClOS.C13H17ClO2S.C13H15ClO2S.C9H8BrClS.C9H9ClS.C6H5ClS.C3H5Br/c1-9(8-19-21(2,17)18)14(16)10-3-6-13(12(15)7-10)20-11-4-5-11;1-3-9(2)14(16)10-4-7-13(12(15)8-10)17-11-5-6-11;2*1-8(7-15)13(16)9-2-5-12(11(14)6-9)17-10-3-4-10;10-6-1-4-9(8(11)5-6)12-7-2-3-7;10-8-3-1-2-4-9(8)11-7-5-6-7;7-5-3-1-2-4-6(5)8;4-3-1-2-3/h3,6-7,9,11,14,16H,4-5,8H2,1-2H3;4,7-9,11H,3,5-6H2,1-2H3;2,5-6,8,10,13,15-16H,3-4,7H2,1H3;2,5-6,8,10,15H,3-4,7H2,1H3;1,4-5,7H,2-3H2;1-4,7H,5-6H2;1-4,8H;3H,1-2H2/t9-,14+;9-;8-,13+;8-;;;;/m1111..../s1. The van der Waals surface area contributed by atoms with E-state index >= 15 is 0 Å². The molecule has 7 aromatic carbocycles. The number of thiol groups is 1. The van der Waals surface area contributed by atoms with Crippen LogP contribution in [0.3, 0.4) is 0 Å². The molecule has 26 heteroatoms. The van der Waals surface area contributed by atoms with E-state index in [0.29, 0.717) is 41.7 Å². The highest BCUT2D eigenvalue weighted by atomic mass is 79.9. The lowest BCUT2D eigenvalue weighted by molar-refractivity contribution is 0.0769. The topological polar surface area (TPSA) is 158 Å². The lowest BCUT2D eigenvalue weighted by Gasteiger charge is -2.19. The monoisotopic (exact) mass is 1870 g/mol. The number of ketones is 2. The summed E-state index contributed by atoms with van der Waals surface area (Å²) in [5.74, 6) is -0.679. The van der Waals surface area contributed by atoms with Crippen LogP contribution >= 0.6 is 196 Å². The lowest BCUT2D eigenvalue weighted by Crippen LogP contribution is -2.17. The van der Waals surface area contributed by atoms with Crippen LogP contribution in [0.15, 0.2) is 178 Å². The van der Waals surface area contributed by atoms with Crippen molar-refractivity contribution in [3.63, 3.8) is 0 Å². The highest BCUT2D eigenvalue weighted by Crippen LogP contribution is 2.47. The minimum Gasteiger partial charge on any atom is -0.396 e. The van der Waals surface area contributed by atoms with Gasteiger partial charge in [-0.2, -0.15) is 8.42 Å². The van der Waals surface area contributed by atoms with Crippen LogP contribution in [0.1, 0.15) is 175 Å². The van der Waals surface area contributed by atoms with Crippen molar-refractivity contribution in [1.82, 2.24) is 0 Å². The molecule has 0 aliphatic heterocycles. The van der Waals surface area contributed by atoms with E-state index in [1.54, 1.807) is 55.6 Å². The van der Waals surface area contributed by atoms with Crippen molar-refractivity contribution >= 4 is 218 Å². The van der Waals surface area contributed by atoms with Crippen molar-refractivity contribution in [2.45, 2.75) is 214 Å². The molecule has 0 spiro atoms. The molecule has 14 rings (SSSR count). The maximum absolute atomic E-state index is 12.0. The number of aliphatic hydroxyl groups excluding tert-OH is 4. The Morgan fingerprint density at radius 1 is 0.458 bits per heavy atom. The quantitative estimate of drug-likeness (QED) is 0.0151. The van der Waals surface area contributed by atoms with Gasteiger partial charge in [-0.05, 0) is 198 Å². The van der Waals surface area contributed by atoms with Gasteiger partial charge in [0.15, 0.2) is 11.6 Å². The van der Waals surface area contributed by atoms with Gasteiger partial charge >= 0.3 is 0 Å². The molecule has 7 aromatic rings. The van der Waals surface area contributed by atoms with Crippen LogP contribution in [0, 0.1) is 23.7 Å². The Labute approximate surface area is 717 Å². The highest BCUT2D eigenvalue weighted by Gasteiger charge is 2.30. The Kier molecular flexibility index (Phi) is 41.2. The van der Waals surface area contributed by atoms with Gasteiger partial charge in [-0.3, -0.25) is 13.8 Å². The smallest absolute Gasteiger partial charge is 0.264 e. The van der Waals surface area contributed by atoms with Crippen molar-refractivity contribution < 1.29 is 42.6 Å². The van der Waals surface area contributed by atoms with Gasteiger partial charge in [0, 0.05) is 116 Å². The lowest BCUT2D eigenvalue weighted by atomic mass is 9.97. The molecule has 9 nitrogen and oxygen atoms in total. The first-order valence-corrected chi connectivity index (χ1v) is 47.8. The van der Waals surface area contributed by atoms with Crippen molar-refractivity contribution in [3.05, 3.63) is 201 Å². The van der Waals surface area contributed by atoms with Crippen LogP contribution in [-0.4, -0.2) is 103 Å². The van der Waals surface area contributed by atoms with Crippen LogP contribution < -0.4 is 0 Å². The molecular formula is C81H95Br2Cl7O9S8. The summed E-state index contributed by atoms with van der Waals surface area (Å²) in [6.45, 7) is 9.03. The largest absolute Gasteiger partial charge is 0.396 e. The fraction of sp³-hybridized carbons (Fsp3) is 0.457. The highest BCUT2D eigenvalue weighted by molar-refractivity contribution is 9.10. The number of carbonyl (C=O) groups excluding carboxylic acids is 2. The van der Waals surface area contributed by atoms with Gasteiger partial charge in [-0.25, -0.2) is 0 Å². The summed E-state index contributed by atoms with van der Waals surface area (Å²) in [5, 5.41) is 47.8. The Morgan fingerprint density at radius 2 is 0.785 bits per heavy atom. The Hall–Kier alpha value is -0.930. The molecule has 0 bridgehead atoms. The summed E-state index contributed by atoms with van der Waals surface area (Å²) < 4.78 is 27.7. The summed E-state index contributed by atoms with van der Waals surface area (Å²) in [6, 6.07) is 43.8. The third-order valence-corrected chi connectivity index (χ3v) is 30.6. The molecule has 0 aromatic heterocycles. The number of rotatable bonds is 26. The molecular weight excluding hydrogens is 1780 g/mol. The predicted molar refractivity (Wildman–Crippen MR) is 471 cm³/mol. The van der Waals surface area contributed by atoms with Crippen molar-refractivity contribution in [1.29, 1.82) is 0 Å². The minimum atomic E-state index is -3.50. The summed E-state index contributed by atoms with van der Waals surface area (Å²) in [6.07, 6.45) is 18.7. The van der Waals surface area contributed by atoms with Crippen LogP contribution in [0.25, 0.3) is 0 Å². The normalized spacial score (nSPS) is 17.3. The van der Waals surface area contributed by atoms with Crippen molar-refractivity contribution in [2.24, 2.45) is 23.7 Å². The number of alkyl halides is 1. The van der Waals surface area contributed by atoms with Crippen LogP contribution in [0.4, 0.5) is 0 Å². The van der Waals surface area contributed by atoms with Gasteiger partial charge in [-0.1, -0.05) is 196 Å². The van der Waals surface area contributed by atoms with Crippen LogP contribution in [-0.2, 0) is 14.3 Å². The second kappa shape index (κ2) is 47.3. The number of carbonyl (C=O) groups is 2. The third kappa shape index (κ3) is 36.4. The first-order valence-electron chi connectivity index (χ1n) is 35.9. The molecule has 0 saturated heterocycles. The van der Waals surface area contributed by atoms with Gasteiger partial charge in [0.1, 0.15) is 0 Å². The van der Waals surface area contributed by atoms with Crippen LogP contribution in [0.2, 0.25) is 35.2 Å². The maximum Gasteiger partial charge on any atom is 0.264 e. The first-order chi connectivity index (χ1) is 50.9. The number of benzene rings is 7. The fourth-order valence-electron chi connectivity index (χ4n) is 8.83. The number of aliphatic hydroxyl groups is 4. The summed E-state index contributed by atoms with van der Waals surface area (Å²) in [7, 11) is -3.50. The van der Waals surface area contributed by atoms with E-state index in [-0.39, 0.29) is 55.1 Å². The Balaban J connectivity index is 0.000000175. The Morgan fingerprint density at radius 3 is 1.08 bits per heavy atom. The average molecular weight is 1880 g/mol. The van der Waals surface area contributed by atoms with E-state index < -0.39 is 22.3 Å². The van der Waals surface area contributed by atoms with Gasteiger partial charge < -0.3 is 20.4 Å². The number of thioether (sulfide) groups is 6. The summed E-state index contributed by atoms with van der Waals surface area (Å²) in [4.78, 5) is 32.3. The van der Waals surface area contributed by atoms with E-state index in [0.717, 1.165) is 93.6 Å². The predicted octanol–water partition coefficient (Wildman–Crippen LogP) is 26.8. The van der Waals surface area contributed by atoms with Gasteiger partial charge in [0.05, 0.1) is 66.8 Å². The zero-order valence-corrected chi connectivity index (χ0v) is 75.6. The number of Topliss-reactive ketones (excluding diaryl/α,β-unsaturated/α-hetero) is 2. The van der Waals surface area contributed by atoms with Gasteiger partial charge in [0.25, 0.3) is 10.1 Å². The fourth-order valence-corrected chi connectivity index (χ4v) is 18.5. The first kappa shape index (κ1) is 93.2. The molecule has 0 unspecified atom stereocenters. The van der Waals surface area contributed by atoms with Crippen molar-refractivity contribution in [3.8, 4) is 0 Å². The zero-order valence-electron chi connectivity index (χ0n) is 60.5. The average Bonchev–Trinajstić information content (AvgIpc) is 1.54. The second-order valence-electron chi connectivity index (χ2n) is 27.3. The molecule has 0 heterocycles. The van der Waals surface area contributed by atoms with E-state index in [1.807, 2.05) is 177 Å². The SMILES string of the molecule is BrC1CC1.CC[C@@H](C)C(=O)c1ccc(SC2CC2)c(Cl)c1.C[C@H](CO)C(=O)c1ccc(SC2CC2)c(Cl)c1.C[C@H](CO)[C@H](O)c1ccc(SC2CC2)c(Cl)c1.C[C@H](COS(C)(=O)=O)[C@H](O)c1ccc(SC2CC2)c(Cl)c1.Clc1cc(Br)ccc1SC1CC1.Clc1ccccc1SC1CC1.Sc1ccccc1Cl. The molecule has 7 aliphatic rings. The molecule has 7 fully saturated rings. The second-order valence-corrected chi connectivity index (χ2v) is 42.6.